The molecule has 0 spiro atoms. The maximum atomic E-state index is 6.09. The lowest BCUT2D eigenvalue weighted by molar-refractivity contribution is 1.14. The zero-order valence-corrected chi connectivity index (χ0v) is 15.2. The predicted octanol–water partition coefficient (Wildman–Crippen LogP) is 5.89. The van der Waals surface area contributed by atoms with Gasteiger partial charge in [0, 0.05) is 29.9 Å². The summed E-state index contributed by atoms with van der Waals surface area (Å²) in [5.74, 6) is 0. The molecule has 0 saturated carbocycles. The Morgan fingerprint density at radius 1 is 0.958 bits per heavy atom. The zero-order valence-electron chi connectivity index (χ0n) is 13.7. The van der Waals surface area contributed by atoms with Crippen LogP contribution in [0.4, 0.5) is 11.4 Å². The molecule has 0 aliphatic rings. The second-order valence-electron chi connectivity index (χ2n) is 5.65. The van der Waals surface area contributed by atoms with Gasteiger partial charge in [0.25, 0.3) is 0 Å². The predicted molar refractivity (Wildman–Crippen MR) is 104 cm³/mol. The number of aryl methyl sites for hydroxylation is 1. The van der Waals surface area contributed by atoms with Crippen LogP contribution in [-0.4, -0.2) is 11.5 Å². The maximum absolute atomic E-state index is 6.09. The van der Waals surface area contributed by atoms with Gasteiger partial charge >= 0.3 is 0 Å². The van der Waals surface area contributed by atoms with Crippen LogP contribution in [-0.2, 0) is 6.54 Å². The number of halogens is 2. The Hall–Kier alpha value is -1.97. The van der Waals surface area contributed by atoms with Crippen molar-refractivity contribution in [2.45, 2.75) is 20.4 Å². The number of para-hydroxylation sites is 1. The van der Waals surface area contributed by atoms with Gasteiger partial charge in [-0.05, 0) is 43.7 Å². The summed E-state index contributed by atoms with van der Waals surface area (Å²) in [5, 5.41) is 9.10. The Bertz CT molecular complexity index is 878. The van der Waals surface area contributed by atoms with Crippen LogP contribution in [0, 0.1) is 6.92 Å². The highest BCUT2D eigenvalue weighted by Gasteiger charge is 2.08. The molecular weight excluding hydrogens is 341 g/mol. The molecule has 3 nitrogen and oxygen atoms in total. The van der Waals surface area contributed by atoms with Crippen molar-refractivity contribution in [1.82, 2.24) is 4.98 Å². The van der Waals surface area contributed by atoms with Gasteiger partial charge in [0.05, 0.1) is 21.2 Å². The lowest BCUT2D eigenvalue weighted by atomic mass is 10.1. The number of benzene rings is 2. The van der Waals surface area contributed by atoms with Crippen LogP contribution in [0.5, 0.6) is 0 Å². The molecule has 2 aromatic carbocycles. The van der Waals surface area contributed by atoms with Crippen LogP contribution < -0.4 is 10.6 Å². The van der Waals surface area contributed by atoms with Crippen molar-refractivity contribution in [2.75, 3.05) is 17.2 Å². The minimum absolute atomic E-state index is 0.570. The fourth-order valence-electron chi connectivity index (χ4n) is 2.70. The Balaban J connectivity index is 1.94. The molecule has 0 atom stereocenters. The maximum Gasteiger partial charge on any atom is 0.0957 e. The second kappa shape index (κ2) is 7.29. The van der Waals surface area contributed by atoms with Crippen LogP contribution >= 0.6 is 23.2 Å². The van der Waals surface area contributed by atoms with Crippen molar-refractivity contribution in [3.05, 3.63) is 63.8 Å². The molecule has 0 fully saturated rings. The molecule has 2 N–H and O–H groups in total. The molecule has 0 bridgehead atoms. The van der Waals surface area contributed by atoms with Crippen molar-refractivity contribution < 1.29 is 0 Å². The molecule has 0 amide bonds. The molecule has 3 aromatic rings. The summed E-state index contributed by atoms with van der Waals surface area (Å²) >= 11 is 12.1. The number of rotatable bonds is 5. The molecule has 0 aliphatic heterocycles. The molecule has 0 unspecified atom stereocenters. The molecule has 124 valence electrons. The highest BCUT2D eigenvalue weighted by Crippen LogP contribution is 2.29. The third kappa shape index (κ3) is 3.58. The summed E-state index contributed by atoms with van der Waals surface area (Å²) in [6.45, 7) is 5.62. The van der Waals surface area contributed by atoms with Crippen LogP contribution in [0.2, 0.25) is 10.0 Å². The van der Waals surface area contributed by atoms with Gasteiger partial charge in [0.1, 0.15) is 0 Å². The molecule has 24 heavy (non-hydrogen) atoms. The van der Waals surface area contributed by atoms with E-state index in [9.17, 15) is 0 Å². The van der Waals surface area contributed by atoms with Gasteiger partial charge in [-0.1, -0.05) is 41.4 Å². The largest absolute Gasteiger partial charge is 0.384 e. The average Bonchev–Trinajstić information content (AvgIpc) is 2.56. The third-order valence-corrected chi connectivity index (χ3v) is 4.54. The number of hydrogen-bond donors (Lipinski definition) is 2. The molecule has 0 radical (unpaired) electrons. The Morgan fingerprint density at radius 2 is 1.79 bits per heavy atom. The standard InChI is InChI=1S/C19H19Cl2N3/c1-3-22-17-6-4-5-14-18(9-12(2)24-19(14)17)23-11-13-7-8-15(20)16(21)10-13/h4-10,22H,3,11H2,1-2H3,(H,23,24). The van der Waals surface area contributed by atoms with E-state index in [1.807, 2.05) is 31.2 Å². The van der Waals surface area contributed by atoms with Gasteiger partial charge in [0.2, 0.25) is 0 Å². The normalized spacial score (nSPS) is 10.8. The highest BCUT2D eigenvalue weighted by atomic mass is 35.5. The number of aromatic nitrogens is 1. The number of nitrogens with zero attached hydrogens (tertiary/aromatic N) is 1. The fraction of sp³-hybridized carbons (Fsp3) is 0.211. The van der Waals surface area contributed by atoms with E-state index in [-0.39, 0.29) is 0 Å². The topological polar surface area (TPSA) is 37.0 Å². The van der Waals surface area contributed by atoms with E-state index in [1.54, 1.807) is 0 Å². The third-order valence-electron chi connectivity index (χ3n) is 3.80. The van der Waals surface area contributed by atoms with E-state index in [4.69, 9.17) is 28.2 Å². The number of hydrogen-bond acceptors (Lipinski definition) is 3. The van der Waals surface area contributed by atoms with Crippen molar-refractivity contribution in [3.8, 4) is 0 Å². The molecule has 0 aliphatic carbocycles. The summed E-state index contributed by atoms with van der Waals surface area (Å²) in [6.07, 6.45) is 0. The Kier molecular flexibility index (Phi) is 5.12. The van der Waals surface area contributed by atoms with Gasteiger partial charge in [-0.25, -0.2) is 0 Å². The Morgan fingerprint density at radius 3 is 2.54 bits per heavy atom. The van der Waals surface area contributed by atoms with E-state index in [0.29, 0.717) is 16.6 Å². The molecule has 0 saturated heterocycles. The Labute approximate surface area is 152 Å². The van der Waals surface area contributed by atoms with Crippen molar-refractivity contribution in [3.63, 3.8) is 0 Å². The van der Waals surface area contributed by atoms with Gasteiger partial charge in [-0.15, -0.1) is 0 Å². The quantitative estimate of drug-likeness (QED) is 0.595. The first-order valence-corrected chi connectivity index (χ1v) is 8.66. The summed E-state index contributed by atoms with van der Waals surface area (Å²) < 4.78 is 0. The molecule has 1 aromatic heterocycles. The molecule has 1 heterocycles. The second-order valence-corrected chi connectivity index (χ2v) is 6.46. The van der Waals surface area contributed by atoms with Crippen molar-refractivity contribution >= 4 is 45.5 Å². The van der Waals surface area contributed by atoms with Crippen molar-refractivity contribution in [1.29, 1.82) is 0 Å². The van der Waals surface area contributed by atoms with Crippen LogP contribution in [0.3, 0.4) is 0 Å². The fourth-order valence-corrected chi connectivity index (χ4v) is 3.02. The van der Waals surface area contributed by atoms with E-state index in [2.05, 4.69) is 35.8 Å². The molecule has 5 heteroatoms. The number of anilines is 2. The van der Waals surface area contributed by atoms with Crippen LogP contribution in [0.1, 0.15) is 18.2 Å². The first-order valence-electron chi connectivity index (χ1n) is 7.90. The van der Waals surface area contributed by atoms with Crippen LogP contribution in [0.25, 0.3) is 10.9 Å². The number of fused-ring (bicyclic) bond motifs is 1. The first-order chi connectivity index (χ1) is 11.6. The minimum atomic E-state index is 0.570. The van der Waals surface area contributed by atoms with E-state index < -0.39 is 0 Å². The van der Waals surface area contributed by atoms with Gasteiger partial charge in [-0.3, -0.25) is 4.98 Å². The van der Waals surface area contributed by atoms with Gasteiger partial charge < -0.3 is 10.6 Å². The zero-order chi connectivity index (χ0) is 17.1. The van der Waals surface area contributed by atoms with E-state index in [1.165, 1.54) is 0 Å². The van der Waals surface area contributed by atoms with Crippen molar-refractivity contribution in [2.24, 2.45) is 0 Å². The van der Waals surface area contributed by atoms with Gasteiger partial charge in [-0.2, -0.15) is 0 Å². The number of nitrogens with one attached hydrogen (secondary N) is 2. The first kappa shape index (κ1) is 16.9. The SMILES string of the molecule is CCNc1cccc2c(NCc3ccc(Cl)c(Cl)c3)cc(C)nc12. The lowest BCUT2D eigenvalue weighted by Crippen LogP contribution is -2.03. The smallest absolute Gasteiger partial charge is 0.0957 e. The average molecular weight is 360 g/mol. The summed E-state index contributed by atoms with van der Waals surface area (Å²) in [4.78, 5) is 4.69. The van der Waals surface area contributed by atoms with Crippen LogP contribution in [0.15, 0.2) is 42.5 Å². The number of pyridine rings is 1. The highest BCUT2D eigenvalue weighted by molar-refractivity contribution is 6.42. The molecular formula is C19H19Cl2N3. The summed E-state index contributed by atoms with van der Waals surface area (Å²) in [5.41, 5.74) is 5.15. The summed E-state index contributed by atoms with van der Waals surface area (Å²) in [6, 6.07) is 13.9. The molecule has 3 rings (SSSR count). The lowest BCUT2D eigenvalue weighted by Gasteiger charge is -2.14. The van der Waals surface area contributed by atoms with Gasteiger partial charge in [0.15, 0.2) is 0 Å². The van der Waals surface area contributed by atoms with E-state index >= 15 is 0 Å². The van der Waals surface area contributed by atoms with E-state index in [0.717, 1.165) is 40.1 Å². The minimum Gasteiger partial charge on any atom is -0.384 e. The monoisotopic (exact) mass is 359 g/mol. The summed E-state index contributed by atoms with van der Waals surface area (Å²) in [7, 11) is 0.